The number of aldehydes is 1. The van der Waals surface area contributed by atoms with Crippen LogP contribution in [0.1, 0.15) is 20.7 Å². The second-order valence-corrected chi connectivity index (χ2v) is 3.94. The number of hydrogen-bond donors (Lipinski definition) is 0. The van der Waals surface area contributed by atoms with Gasteiger partial charge in [0.25, 0.3) is 5.91 Å². The second-order valence-electron chi connectivity index (χ2n) is 3.94. The molecule has 0 radical (unpaired) electrons. The molecule has 0 saturated carbocycles. The Labute approximate surface area is 106 Å². The first-order valence-electron chi connectivity index (χ1n) is 5.60. The molecule has 0 atom stereocenters. The summed E-state index contributed by atoms with van der Waals surface area (Å²) >= 11 is 0. The van der Waals surface area contributed by atoms with Crippen molar-refractivity contribution in [3.63, 3.8) is 0 Å². The molecule has 18 heavy (non-hydrogen) atoms. The van der Waals surface area contributed by atoms with Crippen LogP contribution in [0.25, 0.3) is 0 Å². The van der Waals surface area contributed by atoms with Gasteiger partial charge in [0, 0.05) is 23.9 Å². The predicted octanol–water partition coefficient (Wildman–Crippen LogP) is 2.78. The van der Waals surface area contributed by atoms with Crippen molar-refractivity contribution in [1.82, 2.24) is 0 Å². The van der Waals surface area contributed by atoms with Crippen LogP contribution >= 0.6 is 0 Å². The van der Waals surface area contributed by atoms with Crippen molar-refractivity contribution in [2.24, 2.45) is 0 Å². The van der Waals surface area contributed by atoms with Gasteiger partial charge in [-0.2, -0.15) is 0 Å². The lowest BCUT2D eigenvalue weighted by Crippen LogP contribution is -2.26. The molecule has 0 heterocycles. The van der Waals surface area contributed by atoms with Gasteiger partial charge in [0.05, 0.1) is 0 Å². The molecule has 0 saturated heterocycles. The molecule has 0 bridgehead atoms. The number of nitrogens with zero attached hydrogens (tertiary/aromatic N) is 1. The minimum atomic E-state index is -0.0985. The van der Waals surface area contributed by atoms with Gasteiger partial charge in [-0.3, -0.25) is 9.59 Å². The molecule has 3 heteroatoms. The average Bonchev–Trinajstić information content (AvgIpc) is 2.47. The summed E-state index contributed by atoms with van der Waals surface area (Å²) < 4.78 is 0. The van der Waals surface area contributed by atoms with E-state index in [2.05, 4.69) is 0 Å². The fraction of sp³-hybridized carbons (Fsp3) is 0.0667. The smallest absolute Gasteiger partial charge is 0.258 e. The van der Waals surface area contributed by atoms with E-state index in [-0.39, 0.29) is 5.91 Å². The Balaban J connectivity index is 2.23. The van der Waals surface area contributed by atoms with E-state index in [1.54, 1.807) is 36.2 Å². The molecule has 0 aliphatic rings. The third kappa shape index (κ3) is 2.46. The van der Waals surface area contributed by atoms with Crippen molar-refractivity contribution >= 4 is 17.9 Å². The zero-order chi connectivity index (χ0) is 13.0. The van der Waals surface area contributed by atoms with Gasteiger partial charge >= 0.3 is 0 Å². The summed E-state index contributed by atoms with van der Waals surface area (Å²) in [5, 5.41) is 0. The first-order valence-corrected chi connectivity index (χ1v) is 5.60. The zero-order valence-electron chi connectivity index (χ0n) is 10.0. The van der Waals surface area contributed by atoms with E-state index in [1.165, 1.54) is 0 Å². The maximum atomic E-state index is 12.2. The van der Waals surface area contributed by atoms with E-state index in [4.69, 9.17) is 0 Å². The molecule has 0 unspecified atom stereocenters. The molecule has 0 N–H and O–H groups in total. The Hall–Kier alpha value is -2.42. The Kier molecular flexibility index (Phi) is 3.53. The lowest BCUT2D eigenvalue weighted by Gasteiger charge is -2.17. The average molecular weight is 239 g/mol. The number of rotatable bonds is 3. The van der Waals surface area contributed by atoms with Crippen molar-refractivity contribution in [2.45, 2.75) is 0 Å². The standard InChI is InChI=1S/C15H13NO2/c1-16(14-5-3-2-4-6-14)15(18)13-9-7-12(11-17)8-10-13/h2-11H,1H3. The third-order valence-corrected chi connectivity index (χ3v) is 2.74. The van der Waals surface area contributed by atoms with Gasteiger partial charge in [-0.1, -0.05) is 30.3 Å². The third-order valence-electron chi connectivity index (χ3n) is 2.74. The van der Waals surface area contributed by atoms with Crippen LogP contribution in [0.2, 0.25) is 0 Å². The van der Waals surface area contributed by atoms with Crippen LogP contribution in [-0.4, -0.2) is 19.2 Å². The first kappa shape index (κ1) is 12.0. The molecule has 0 aromatic heterocycles. The topological polar surface area (TPSA) is 37.4 Å². The molecular weight excluding hydrogens is 226 g/mol. The lowest BCUT2D eigenvalue weighted by molar-refractivity contribution is 0.0992. The van der Waals surface area contributed by atoms with E-state index < -0.39 is 0 Å². The second kappa shape index (κ2) is 5.27. The Morgan fingerprint density at radius 1 is 1.00 bits per heavy atom. The number of hydrogen-bond acceptors (Lipinski definition) is 2. The van der Waals surface area contributed by atoms with Gasteiger partial charge in [0.15, 0.2) is 0 Å². The highest BCUT2D eigenvalue weighted by molar-refractivity contribution is 6.05. The van der Waals surface area contributed by atoms with Crippen LogP contribution in [0.15, 0.2) is 54.6 Å². The number of amides is 1. The van der Waals surface area contributed by atoms with Gasteiger partial charge in [-0.15, -0.1) is 0 Å². The van der Waals surface area contributed by atoms with Crippen LogP contribution in [-0.2, 0) is 0 Å². The van der Waals surface area contributed by atoms with Gasteiger partial charge in [0.1, 0.15) is 6.29 Å². The van der Waals surface area contributed by atoms with Crippen molar-refractivity contribution in [3.8, 4) is 0 Å². The Bertz CT molecular complexity index is 546. The predicted molar refractivity (Wildman–Crippen MR) is 71.0 cm³/mol. The lowest BCUT2D eigenvalue weighted by atomic mass is 10.1. The van der Waals surface area contributed by atoms with E-state index in [0.717, 1.165) is 12.0 Å². The van der Waals surface area contributed by atoms with E-state index >= 15 is 0 Å². The molecule has 2 aromatic rings. The Morgan fingerprint density at radius 3 is 2.17 bits per heavy atom. The quantitative estimate of drug-likeness (QED) is 0.772. The molecule has 0 spiro atoms. The zero-order valence-corrected chi connectivity index (χ0v) is 10.0. The number of carbonyl (C=O) groups excluding carboxylic acids is 2. The molecule has 0 fully saturated rings. The summed E-state index contributed by atoms with van der Waals surface area (Å²) in [6, 6.07) is 16.0. The largest absolute Gasteiger partial charge is 0.311 e. The van der Waals surface area contributed by atoms with Gasteiger partial charge in [0.2, 0.25) is 0 Å². The van der Waals surface area contributed by atoms with Crippen molar-refractivity contribution in [3.05, 3.63) is 65.7 Å². The van der Waals surface area contributed by atoms with Crippen molar-refractivity contribution in [1.29, 1.82) is 0 Å². The normalized spacial score (nSPS) is 9.83. The summed E-state index contributed by atoms with van der Waals surface area (Å²) in [6.45, 7) is 0. The monoisotopic (exact) mass is 239 g/mol. The SMILES string of the molecule is CN(C(=O)c1ccc(C=O)cc1)c1ccccc1. The molecular formula is C15H13NO2. The minimum absolute atomic E-state index is 0.0985. The molecule has 90 valence electrons. The summed E-state index contributed by atoms with van der Waals surface area (Å²) in [6.07, 6.45) is 0.759. The first-order chi connectivity index (χ1) is 8.72. The van der Waals surface area contributed by atoms with Gasteiger partial charge in [-0.25, -0.2) is 0 Å². The van der Waals surface area contributed by atoms with Crippen molar-refractivity contribution < 1.29 is 9.59 Å². The van der Waals surface area contributed by atoms with Crippen LogP contribution in [0.3, 0.4) is 0 Å². The summed E-state index contributed by atoms with van der Waals surface area (Å²) in [5.41, 5.74) is 1.96. The number of para-hydroxylation sites is 1. The van der Waals surface area contributed by atoms with E-state index in [1.807, 2.05) is 30.3 Å². The molecule has 3 nitrogen and oxygen atoms in total. The number of benzene rings is 2. The molecule has 2 aromatic carbocycles. The van der Waals surface area contributed by atoms with E-state index in [0.29, 0.717) is 11.1 Å². The number of carbonyl (C=O) groups is 2. The molecule has 0 aliphatic carbocycles. The fourth-order valence-electron chi connectivity index (χ4n) is 1.67. The summed E-state index contributed by atoms with van der Waals surface area (Å²) in [5.74, 6) is -0.0985. The van der Waals surface area contributed by atoms with Gasteiger partial charge < -0.3 is 4.90 Å². The maximum Gasteiger partial charge on any atom is 0.258 e. The van der Waals surface area contributed by atoms with Crippen LogP contribution in [0.5, 0.6) is 0 Å². The fourth-order valence-corrected chi connectivity index (χ4v) is 1.67. The molecule has 2 rings (SSSR count). The van der Waals surface area contributed by atoms with Crippen LogP contribution in [0, 0.1) is 0 Å². The van der Waals surface area contributed by atoms with E-state index in [9.17, 15) is 9.59 Å². The van der Waals surface area contributed by atoms with Crippen LogP contribution < -0.4 is 4.90 Å². The number of anilines is 1. The van der Waals surface area contributed by atoms with Crippen LogP contribution in [0.4, 0.5) is 5.69 Å². The molecule has 0 aliphatic heterocycles. The van der Waals surface area contributed by atoms with Crippen molar-refractivity contribution in [2.75, 3.05) is 11.9 Å². The summed E-state index contributed by atoms with van der Waals surface area (Å²) in [7, 11) is 1.73. The highest BCUT2D eigenvalue weighted by Gasteiger charge is 2.12. The maximum absolute atomic E-state index is 12.2. The Morgan fingerprint density at radius 2 is 1.61 bits per heavy atom. The molecule has 1 amide bonds. The van der Waals surface area contributed by atoms with Gasteiger partial charge in [-0.05, 0) is 24.3 Å². The summed E-state index contributed by atoms with van der Waals surface area (Å²) in [4.78, 5) is 24.3. The minimum Gasteiger partial charge on any atom is -0.311 e. The highest BCUT2D eigenvalue weighted by Crippen LogP contribution is 2.14. The highest BCUT2D eigenvalue weighted by atomic mass is 16.2.